The highest BCUT2D eigenvalue weighted by molar-refractivity contribution is 9.10. The van der Waals surface area contributed by atoms with Gasteiger partial charge in [0.1, 0.15) is 6.33 Å². The average molecular weight is 632 g/mol. The van der Waals surface area contributed by atoms with Crippen LogP contribution in [0.4, 0.5) is 5.69 Å². The fourth-order valence-corrected chi connectivity index (χ4v) is 5.80. The Hall–Kier alpha value is -3.99. The third-order valence-electron chi connectivity index (χ3n) is 6.84. The van der Waals surface area contributed by atoms with E-state index in [4.69, 9.17) is 0 Å². The normalized spacial score (nSPS) is 11.5. The summed E-state index contributed by atoms with van der Waals surface area (Å²) in [6.45, 7) is 0. The van der Waals surface area contributed by atoms with Crippen LogP contribution < -0.4 is 5.32 Å². The Morgan fingerprint density at radius 3 is 2.27 bits per heavy atom. The molecule has 210 valence electrons. The lowest BCUT2D eigenvalue weighted by Crippen LogP contribution is -2.27. The van der Waals surface area contributed by atoms with Crippen LogP contribution in [-0.2, 0) is 23.1 Å². The summed E-state index contributed by atoms with van der Waals surface area (Å²) in [4.78, 5) is 11.5. The number of nitrogens with one attached hydrogen (secondary N) is 2. The third-order valence-corrected chi connectivity index (χ3v) is 8.99. The first-order chi connectivity index (χ1) is 19.7. The number of aromatic amines is 1. The number of hydrogen-bond donors (Lipinski definition) is 2. The van der Waals surface area contributed by atoms with Crippen LogP contribution in [0.1, 0.15) is 22.5 Å². The van der Waals surface area contributed by atoms with Gasteiger partial charge in [-0.15, -0.1) is 0 Å². The largest absolute Gasteiger partial charge is 0.388 e. The standard InChI is InChI=1S/C16H16BrN3O2S.C15H15N3/c1-19(2)23(21,22)20-10-15(18-11-20)8-13-5-3-4-12-6-7-14(17)9-16(12)13;1-16-13-6-5-11-3-2-4-12(15(11)8-13)7-14-9-17-10-18-14/h3-7,9-11H,8H2,1-2H3;2-6,8-10,16H,7H2,1H3,(H,17,18). The van der Waals surface area contributed by atoms with Crippen molar-refractivity contribution in [3.8, 4) is 0 Å². The molecule has 0 amide bonds. The van der Waals surface area contributed by atoms with Crippen molar-refractivity contribution in [2.45, 2.75) is 12.8 Å². The topological polar surface area (TPSA) is 95.9 Å². The van der Waals surface area contributed by atoms with E-state index in [1.54, 1.807) is 12.5 Å². The molecule has 0 fully saturated rings. The highest BCUT2D eigenvalue weighted by Gasteiger charge is 2.17. The summed E-state index contributed by atoms with van der Waals surface area (Å²) in [7, 11) is 1.42. The Kier molecular flexibility index (Phi) is 8.53. The monoisotopic (exact) mass is 630 g/mol. The van der Waals surface area contributed by atoms with Gasteiger partial charge in [-0.05, 0) is 56.9 Å². The summed E-state index contributed by atoms with van der Waals surface area (Å²) in [6, 6.07) is 25.1. The molecule has 4 aromatic carbocycles. The minimum atomic E-state index is -3.52. The SMILES string of the molecule is CN(C)S(=O)(=O)n1cnc(Cc2cccc3ccc(Br)cc23)c1.CNc1ccc2cccc(Cc3cnc[nH]3)c2c1. The second-order valence-electron chi connectivity index (χ2n) is 9.80. The number of aromatic nitrogens is 4. The van der Waals surface area contributed by atoms with Gasteiger partial charge in [-0.1, -0.05) is 64.5 Å². The highest BCUT2D eigenvalue weighted by Crippen LogP contribution is 2.26. The number of imidazole rings is 2. The number of H-pyrrole nitrogens is 1. The molecule has 6 aromatic rings. The van der Waals surface area contributed by atoms with Gasteiger partial charge in [-0.3, -0.25) is 0 Å². The van der Waals surface area contributed by atoms with Gasteiger partial charge in [0.2, 0.25) is 0 Å². The second-order valence-corrected chi connectivity index (χ2v) is 12.8. The van der Waals surface area contributed by atoms with E-state index in [1.165, 1.54) is 36.8 Å². The molecule has 2 aromatic heterocycles. The Morgan fingerprint density at radius 2 is 1.61 bits per heavy atom. The van der Waals surface area contributed by atoms with Crippen LogP contribution in [0, 0.1) is 0 Å². The maximum Gasteiger partial charge on any atom is 0.308 e. The summed E-state index contributed by atoms with van der Waals surface area (Å²) in [5.41, 5.74) is 5.41. The van der Waals surface area contributed by atoms with Crippen molar-refractivity contribution in [1.29, 1.82) is 0 Å². The van der Waals surface area contributed by atoms with Crippen molar-refractivity contribution in [2.24, 2.45) is 0 Å². The molecule has 0 spiro atoms. The summed E-state index contributed by atoms with van der Waals surface area (Å²) < 4.78 is 27.5. The van der Waals surface area contributed by atoms with Gasteiger partial charge in [0, 0.05) is 62.2 Å². The van der Waals surface area contributed by atoms with Gasteiger partial charge in [-0.2, -0.15) is 12.7 Å². The van der Waals surface area contributed by atoms with Crippen molar-refractivity contribution < 1.29 is 8.42 Å². The van der Waals surface area contributed by atoms with Crippen LogP contribution in [0.2, 0.25) is 0 Å². The Morgan fingerprint density at radius 1 is 0.927 bits per heavy atom. The summed E-state index contributed by atoms with van der Waals surface area (Å²) in [5, 5.41) is 8.02. The molecule has 0 aliphatic carbocycles. The molecular formula is C31H31BrN6O2S. The van der Waals surface area contributed by atoms with Gasteiger partial charge < -0.3 is 10.3 Å². The van der Waals surface area contributed by atoms with E-state index in [1.807, 2.05) is 31.4 Å². The molecule has 0 unspecified atom stereocenters. The molecule has 2 heterocycles. The lowest BCUT2D eigenvalue weighted by molar-refractivity contribution is 0.510. The predicted molar refractivity (Wildman–Crippen MR) is 170 cm³/mol. The molecule has 0 aliphatic rings. The fourth-order valence-electron chi connectivity index (χ4n) is 4.64. The van der Waals surface area contributed by atoms with Gasteiger partial charge in [0.05, 0.1) is 12.0 Å². The van der Waals surface area contributed by atoms with Crippen LogP contribution in [0.5, 0.6) is 0 Å². The molecule has 0 aliphatic heterocycles. The molecule has 2 N–H and O–H groups in total. The maximum absolute atomic E-state index is 12.1. The van der Waals surface area contributed by atoms with Crippen LogP contribution in [0.3, 0.4) is 0 Å². The zero-order valence-electron chi connectivity index (χ0n) is 23.0. The maximum atomic E-state index is 12.1. The van der Waals surface area contributed by atoms with Crippen LogP contribution in [-0.4, -0.2) is 52.8 Å². The molecule has 0 atom stereocenters. The average Bonchev–Trinajstić information content (AvgIpc) is 3.66. The molecule has 41 heavy (non-hydrogen) atoms. The first kappa shape index (κ1) is 28.5. The van der Waals surface area contributed by atoms with Gasteiger partial charge >= 0.3 is 10.2 Å². The Balaban J connectivity index is 0.000000169. The smallest absolute Gasteiger partial charge is 0.308 e. The number of anilines is 1. The van der Waals surface area contributed by atoms with E-state index in [0.29, 0.717) is 12.1 Å². The van der Waals surface area contributed by atoms with Gasteiger partial charge in [0.15, 0.2) is 0 Å². The molecule has 10 heteroatoms. The van der Waals surface area contributed by atoms with Crippen LogP contribution in [0.25, 0.3) is 21.5 Å². The quantitative estimate of drug-likeness (QED) is 0.218. The lowest BCUT2D eigenvalue weighted by Gasteiger charge is -2.10. The molecular weight excluding hydrogens is 600 g/mol. The van der Waals surface area contributed by atoms with E-state index in [9.17, 15) is 8.42 Å². The predicted octanol–water partition coefficient (Wildman–Crippen LogP) is 6.24. The van der Waals surface area contributed by atoms with E-state index in [-0.39, 0.29) is 0 Å². The summed E-state index contributed by atoms with van der Waals surface area (Å²) in [5.74, 6) is 0. The van der Waals surface area contributed by atoms with Gasteiger partial charge in [0.25, 0.3) is 0 Å². The number of nitrogens with zero attached hydrogens (tertiary/aromatic N) is 4. The molecule has 0 saturated carbocycles. The van der Waals surface area contributed by atoms with E-state index < -0.39 is 10.2 Å². The molecule has 0 saturated heterocycles. The van der Waals surface area contributed by atoms with Crippen LogP contribution in [0.15, 0.2) is 102 Å². The first-order valence-electron chi connectivity index (χ1n) is 13.0. The lowest BCUT2D eigenvalue weighted by atomic mass is 10.0. The number of benzene rings is 4. The van der Waals surface area contributed by atoms with E-state index in [2.05, 4.69) is 90.8 Å². The number of hydrogen-bond acceptors (Lipinski definition) is 5. The molecule has 0 bridgehead atoms. The fraction of sp³-hybridized carbons (Fsp3) is 0.161. The second kappa shape index (κ2) is 12.3. The highest BCUT2D eigenvalue weighted by atomic mass is 79.9. The third kappa shape index (κ3) is 6.51. The Bertz CT molecular complexity index is 1900. The minimum Gasteiger partial charge on any atom is -0.388 e. The molecule has 8 nitrogen and oxygen atoms in total. The Labute approximate surface area is 248 Å². The zero-order chi connectivity index (χ0) is 29.0. The number of fused-ring (bicyclic) bond motifs is 2. The number of halogens is 1. The van der Waals surface area contributed by atoms with Crippen molar-refractivity contribution in [1.82, 2.24) is 23.2 Å². The number of rotatable bonds is 7. The minimum absolute atomic E-state index is 0.573. The molecule has 0 radical (unpaired) electrons. The van der Waals surface area contributed by atoms with E-state index >= 15 is 0 Å². The summed E-state index contributed by atoms with van der Waals surface area (Å²) in [6.07, 6.45) is 7.95. The van der Waals surface area contributed by atoms with E-state index in [0.717, 1.165) is 46.9 Å². The van der Waals surface area contributed by atoms with Crippen molar-refractivity contribution in [3.05, 3.63) is 125 Å². The van der Waals surface area contributed by atoms with Crippen molar-refractivity contribution in [2.75, 3.05) is 26.5 Å². The van der Waals surface area contributed by atoms with Crippen LogP contribution >= 0.6 is 15.9 Å². The van der Waals surface area contributed by atoms with Gasteiger partial charge in [-0.25, -0.2) is 13.9 Å². The van der Waals surface area contributed by atoms with Crippen molar-refractivity contribution in [3.63, 3.8) is 0 Å². The molecule has 6 rings (SSSR count). The first-order valence-corrected chi connectivity index (χ1v) is 15.2. The summed E-state index contributed by atoms with van der Waals surface area (Å²) >= 11 is 3.49. The zero-order valence-corrected chi connectivity index (χ0v) is 25.4. The van der Waals surface area contributed by atoms with Crippen molar-refractivity contribution >= 4 is 53.4 Å².